The van der Waals surface area contributed by atoms with E-state index in [1.807, 2.05) is 52.2 Å². The van der Waals surface area contributed by atoms with Gasteiger partial charge >= 0.3 is 0 Å². The first-order chi connectivity index (χ1) is 28.0. The fraction of sp³-hybridized carbons (Fsp3) is 0.622. The fourth-order valence-corrected chi connectivity index (χ4v) is 5.62. The second kappa shape index (κ2) is 29.2. The van der Waals surface area contributed by atoms with Crippen molar-refractivity contribution in [3.63, 3.8) is 0 Å². The van der Waals surface area contributed by atoms with E-state index in [0.717, 1.165) is 43.7 Å². The Morgan fingerprint density at radius 1 is 0.770 bits per heavy atom. The molecule has 5 unspecified atom stereocenters. The van der Waals surface area contributed by atoms with Crippen LogP contribution >= 0.6 is 12.4 Å². The zero-order valence-electron chi connectivity index (χ0n) is 34.8. The molecule has 12 N–H and O–H groups in total. The Kier molecular flexibility index (Phi) is 27.6. The number of aliphatic hydroxyl groups excluding tert-OH is 4. The number of aliphatic hydroxyl groups is 4. The molecule has 0 bridgehead atoms. The van der Waals surface area contributed by atoms with E-state index < -0.39 is 75.3 Å². The highest BCUT2D eigenvalue weighted by Gasteiger charge is 2.56. The van der Waals surface area contributed by atoms with E-state index in [2.05, 4.69) is 4.90 Å². The third kappa shape index (κ3) is 25.4. The van der Waals surface area contributed by atoms with E-state index in [1.165, 1.54) is 0 Å². The summed E-state index contributed by atoms with van der Waals surface area (Å²) in [4.78, 5) is 2.08. The molecule has 21 nitrogen and oxygen atoms in total. The van der Waals surface area contributed by atoms with Crippen LogP contribution in [0.4, 0.5) is 0 Å². The standard InChI is InChI=1S/C19H24N4O2.C14H27NO6.2C2H6O4S.ClH/c20-18(21)14-4-8-16(9-5-14)24-12-2-1-3-13-25-17-10-6-15(7-11-17)19(22)23;1-14(2)20-12-11(18-7-5-6-15(3)4)10(9(17)8-16)19-13(12)21-14;2*3-1-2-7(4,5)6;/h4-11H,1-3,12-13H2,(H3,20,21)(H3,22,23);9-13,16-17H,5-8H2,1-4H3;2*3H,1-2H2,(H,4,5,6);1H. The zero-order chi connectivity index (χ0) is 45.5. The van der Waals surface area contributed by atoms with Crippen LogP contribution in [-0.2, 0) is 39.2 Å². The van der Waals surface area contributed by atoms with Gasteiger partial charge < -0.3 is 65.2 Å². The average Bonchev–Trinajstić information content (AvgIpc) is 3.64. The van der Waals surface area contributed by atoms with Crippen LogP contribution in [0.5, 0.6) is 11.5 Å². The second-order valence-corrected chi connectivity index (χ2v) is 17.1. The van der Waals surface area contributed by atoms with Gasteiger partial charge in [0.05, 0.1) is 44.5 Å². The summed E-state index contributed by atoms with van der Waals surface area (Å²) in [6, 6.07) is 14.4. The van der Waals surface area contributed by atoms with Gasteiger partial charge in [-0.3, -0.25) is 19.9 Å². The first-order valence-corrected chi connectivity index (χ1v) is 22.1. The van der Waals surface area contributed by atoms with E-state index in [0.29, 0.717) is 30.9 Å². The molecule has 0 aliphatic carbocycles. The van der Waals surface area contributed by atoms with Crippen LogP contribution < -0.4 is 20.9 Å². The number of nitrogens with two attached hydrogens (primary N) is 2. The molecule has 2 aliphatic rings. The Labute approximate surface area is 364 Å². The van der Waals surface area contributed by atoms with Crippen molar-refractivity contribution >= 4 is 44.3 Å². The lowest BCUT2D eigenvalue weighted by atomic mass is 10.1. The number of hydrogen-bond acceptors (Lipinski definition) is 17. The molecule has 0 amide bonds. The molecule has 2 heterocycles. The van der Waals surface area contributed by atoms with Gasteiger partial charge in [0.15, 0.2) is 12.1 Å². The quantitative estimate of drug-likeness (QED) is 0.0354. The van der Waals surface area contributed by atoms with Crippen LogP contribution in [0.15, 0.2) is 48.5 Å². The summed E-state index contributed by atoms with van der Waals surface area (Å²) >= 11 is 0. The minimum Gasteiger partial charge on any atom is -0.494 e. The van der Waals surface area contributed by atoms with Gasteiger partial charge in [0.2, 0.25) is 0 Å². The number of fused-ring (bicyclic) bond motifs is 1. The van der Waals surface area contributed by atoms with Crippen molar-refractivity contribution in [3.05, 3.63) is 59.7 Å². The molecule has 0 aromatic heterocycles. The average molecular weight is 935 g/mol. The maximum absolute atomic E-state index is 9.88. The van der Waals surface area contributed by atoms with Crippen molar-refractivity contribution in [1.29, 1.82) is 10.8 Å². The second-order valence-electron chi connectivity index (χ2n) is 14.0. The number of unbranched alkanes of at least 4 members (excludes halogenated alkanes) is 2. The molecule has 2 aromatic rings. The first-order valence-electron chi connectivity index (χ1n) is 18.8. The third-order valence-corrected chi connectivity index (χ3v) is 9.41. The van der Waals surface area contributed by atoms with E-state index >= 15 is 0 Å². The minimum absolute atomic E-state index is 0. The van der Waals surface area contributed by atoms with Crippen LogP contribution in [-0.4, -0.2) is 171 Å². The van der Waals surface area contributed by atoms with Gasteiger partial charge in [0.25, 0.3) is 20.2 Å². The van der Waals surface area contributed by atoms with Crippen LogP contribution in [0.3, 0.4) is 0 Å². The Hall–Kier alpha value is -3.27. The van der Waals surface area contributed by atoms with Gasteiger partial charge in [-0.25, -0.2) is 0 Å². The molecule has 0 saturated carbocycles. The number of ether oxygens (including phenoxy) is 6. The van der Waals surface area contributed by atoms with Crippen molar-refractivity contribution in [2.24, 2.45) is 11.5 Å². The number of rotatable bonds is 21. The maximum atomic E-state index is 9.88. The number of benzene rings is 2. The normalized spacial score (nSPS) is 19.3. The summed E-state index contributed by atoms with van der Waals surface area (Å²) in [5.74, 6) is -0.195. The Balaban J connectivity index is 0.000000897. The molecule has 0 radical (unpaired) electrons. The van der Waals surface area contributed by atoms with E-state index in [9.17, 15) is 21.9 Å². The lowest BCUT2D eigenvalue weighted by molar-refractivity contribution is -0.231. The molecule has 24 heteroatoms. The van der Waals surface area contributed by atoms with Gasteiger partial charge in [-0.2, -0.15) is 16.8 Å². The number of amidine groups is 2. The third-order valence-electron chi connectivity index (χ3n) is 8.01. The van der Waals surface area contributed by atoms with Crippen LogP contribution in [0, 0.1) is 10.8 Å². The molecule has 352 valence electrons. The molecule has 2 fully saturated rings. The predicted molar refractivity (Wildman–Crippen MR) is 229 cm³/mol. The highest BCUT2D eigenvalue weighted by molar-refractivity contribution is 7.86. The molecular formula is C37H64ClN5O16S2. The fourth-order valence-electron chi connectivity index (χ4n) is 5.16. The van der Waals surface area contributed by atoms with Crippen LogP contribution in [0.2, 0.25) is 0 Å². The lowest BCUT2D eigenvalue weighted by Crippen LogP contribution is -2.44. The molecule has 61 heavy (non-hydrogen) atoms. The summed E-state index contributed by atoms with van der Waals surface area (Å²) < 4.78 is 88.5. The van der Waals surface area contributed by atoms with Gasteiger partial charge in [-0.05, 0) is 109 Å². The molecule has 4 rings (SSSR count). The number of nitrogens with one attached hydrogen (secondary N) is 2. The molecule has 0 spiro atoms. The van der Waals surface area contributed by atoms with Crippen molar-refractivity contribution in [2.75, 3.05) is 71.8 Å². The predicted octanol–water partition coefficient (Wildman–Crippen LogP) is 0.591. The number of halogens is 1. The summed E-state index contributed by atoms with van der Waals surface area (Å²) in [6.45, 7) is 4.93. The summed E-state index contributed by atoms with van der Waals surface area (Å²) in [5.41, 5.74) is 12.2. The number of nitrogens with zero attached hydrogens (tertiary/aromatic N) is 1. The molecule has 5 atom stereocenters. The van der Waals surface area contributed by atoms with Crippen molar-refractivity contribution in [1.82, 2.24) is 4.90 Å². The Morgan fingerprint density at radius 3 is 1.56 bits per heavy atom. The summed E-state index contributed by atoms with van der Waals surface area (Å²) in [6.07, 6.45) is 0.730. The van der Waals surface area contributed by atoms with Gasteiger partial charge in [-0.15, -0.1) is 12.4 Å². The zero-order valence-corrected chi connectivity index (χ0v) is 37.2. The largest absolute Gasteiger partial charge is 0.494 e. The minimum atomic E-state index is -3.92. The molecule has 2 saturated heterocycles. The topological polar surface area (TPSA) is 348 Å². The monoisotopic (exact) mass is 933 g/mol. The molecule has 2 aromatic carbocycles. The van der Waals surface area contributed by atoms with E-state index in [-0.39, 0.29) is 36.8 Å². The highest BCUT2D eigenvalue weighted by Crippen LogP contribution is 2.39. The van der Waals surface area contributed by atoms with Gasteiger partial charge in [0, 0.05) is 17.7 Å². The Morgan fingerprint density at radius 2 is 1.21 bits per heavy atom. The summed E-state index contributed by atoms with van der Waals surface area (Å²) in [5, 5.41) is 49.4. The van der Waals surface area contributed by atoms with E-state index in [4.69, 9.17) is 75.1 Å². The maximum Gasteiger partial charge on any atom is 0.267 e. The first kappa shape index (κ1) is 57.7. The van der Waals surface area contributed by atoms with Crippen molar-refractivity contribution in [3.8, 4) is 11.5 Å². The number of nitrogen functional groups attached to an aromatic ring is 2. The summed E-state index contributed by atoms with van der Waals surface area (Å²) in [7, 11) is -3.84. The lowest BCUT2D eigenvalue weighted by Gasteiger charge is -2.28. The van der Waals surface area contributed by atoms with Gasteiger partial charge in [-0.1, -0.05) is 0 Å². The highest BCUT2D eigenvalue weighted by atomic mass is 35.5. The SMILES string of the molecule is CN(C)CCCOC1C(C(O)CO)OC2OC(C)(C)OC21.Cl.N=C(N)c1ccc(OCCCCCOc2ccc(C(=N)N)cc2)cc1.O=S(=O)(O)CCO.O=S(=O)(O)CCO. The molecular weight excluding hydrogens is 870 g/mol. The smallest absolute Gasteiger partial charge is 0.267 e. The van der Waals surface area contributed by atoms with Crippen molar-refractivity contribution in [2.45, 2.75) is 76.0 Å². The van der Waals surface area contributed by atoms with E-state index in [1.54, 1.807) is 24.3 Å². The van der Waals surface area contributed by atoms with Crippen LogP contribution in [0.1, 0.15) is 50.7 Å². The number of hydrogen-bond donors (Lipinski definition) is 10. The van der Waals surface area contributed by atoms with Crippen LogP contribution in [0.25, 0.3) is 0 Å². The van der Waals surface area contributed by atoms with Gasteiger partial charge in [0.1, 0.15) is 47.6 Å². The molecule has 2 aliphatic heterocycles. The van der Waals surface area contributed by atoms with Crippen molar-refractivity contribution < 1.29 is 74.8 Å². The Bertz CT molecular complexity index is 1660.